The second-order valence-electron chi connectivity index (χ2n) is 12.2. The molecule has 228 valence electrons. The molecular weight excluding hydrogens is 611 g/mol. The third-order valence-electron chi connectivity index (χ3n) is 9.61. The Morgan fingerprint density at radius 1 is 0.396 bits per heavy atom. The number of benzene rings is 7. The van der Waals surface area contributed by atoms with E-state index < -0.39 is 10.0 Å². The summed E-state index contributed by atoms with van der Waals surface area (Å²) in [6.45, 7) is 0. The highest BCUT2D eigenvalue weighted by Gasteiger charge is 2.40. The summed E-state index contributed by atoms with van der Waals surface area (Å²) in [6.07, 6.45) is 0. The monoisotopic (exact) mass is 637 g/mol. The van der Waals surface area contributed by atoms with Crippen LogP contribution in [0, 0.1) is 0 Å². The molecule has 2 aromatic heterocycles. The van der Waals surface area contributed by atoms with Crippen LogP contribution in [0.3, 0.4) is 0 Å². The molecule has 0 unspecified atom stereocenters. The first kappa shape index (κ1) is 27.0. The van der Waals surface area contributed by atoms with Crippen LogP contribution in [0.5, 0.6) is 0 Å². The Morgan fingerprint density at radius 2 is 0.854 bits per heavy atom. The Labute approximate surface area is 277 Å². The zero-order chi connectivity index (χ0) is 32.0. The van der Waals surface area contributed by atoms with Crippen molar-refractivity contribution in [2.75, 3.05) is 4.31 Å². The molecule has 48 heavy (non-hydrogen) atoms. The van der Waals surface area contributed by atoms with Gasteiger partial charge in [0.15, 0.2) is 0 Å². The van der Waals surface area contributed by atoms with E-state index >= 15 is 8.42 Å². The summed E-state index contributed by atoms with van der Waals surface area (Å²) in [6, 6.07) is 54.6. The number of rotatable bonds is 3. The molecule has 1 aliphatic rings. The van der Waals surface area contributed by atoms with Crippen LogP contribution in [-0.4, -0.2) is 17.6 Å². The predicted molar refractivity (Wildman–Crippen MR) is 196 cm³/mol. The van der Waals surface area contributed by atoms with Gasteiger partial charge in [-0.15, -0.1) is 0 Å². The van der Waals surface area contributed by atoms with Crippen LogP contribution in [0.25, 0.3) is 66.1 Å². The van der Waals surface area contributed by atoms with Gasteiger partial charge in [0.25, 0.3) is 10.0 Å². The van der Waals surface area contributed by atoms with E-state index in [1.54, 1.807) is 4.31 Å². The molecule has 0 saturated carbocycles. The van der Waals surface area contributed by atoms with E-state index in [2.05, 4.69) is 75.9 Å². The summed E-state index contributed by atoms with van der Waals surface area (Å²) in [7, 11) is -4.09. The van der Waals surface area contributed by atoms with Crippen LogP contribution < -0.4 is 4.31 Å². The highest BCUT2D eigenvalue weighted by Crippen LogP contribution is 2.54. The van der Waals surface area contributed by atoms with Gasteiger partial charge in [-0.2, -0.15) is 0 Å². The molecule has 0 bridgehead atoms. The van der Waals surface area contributed by atoms with Crippen molar-refractivity contribution < 1.29 is 8.42 Å². The number of sulfonamides is 1. The summed E-state index contributed by atoms with van der Waals surface area (Å²) in [5.41, 5.74) is 8.77. The molecule has 3 heterocycles. The third-order valence-corrected chi connectivity index (χ3v) is 11.4. The molecule has 9 aromatic rings. The van der Waals surface area contributed by atoms with Crippen molar-refractivity contribution in [3.05, 3.63) is 164 Å². The molecule has 0 N–H and O–H groups in total. The quantitative estimate of drug-likeness (QED) is 0.194. The molecule has 5 nitrogen and oxygen atoms in total. The Bertz CT molecular complexity index is 2840. The summed E-state index contributed by atoms with van der Waals surface area (Å²) in [4.78, 5) is 0.325. The zero-order valence-electron chi connectivity index (χ0n) is 25.7. The summed E-state index contributed by atoms with van der Waals surface area (Å²) >= 11 is 0. The van der Waals surface area contributed by atoms with Gasteiger partial charge in [0, 0.05) is 44.0 Å². The first-order chi connectivity index (χ1) is 23.6. The number of anilines is 2. The lowest BCUT2D eigenvalue weighted by atomic mass is 9.95. The minimum atomic E-state index is -4.09. The lowest BCUT2D eigenvalue weighted by molar-refractivity contribution is 0.596. The molecule has 6 heteroatoms. The number of hydrogen-bond acceptors (Lipinski definition) is 2. The fraction of sp³-hybridized carbons (Fsp3) is 0. The van der Waals surface area contributed by atoms with E-state index in [4.69, 9.17) is 0 Å². The first-order valence-corrected chi connectivity index (χ1v) is 17.4. The minimum Gasteiger partial charge on any atom is -0.309 e. The van der Waals surface area contributed by atoms with Crippen LogP contribution in [0.4, 0.5) is 11.4 Å². The normalized spacial score (nSPS) is 13.7. The maximum atomic E-state index is 15.3. The van der Waals surface area contributed by atoms with Crippen LogP contribution in [0.15, 0.2) is 169 Å². The van der Waals surface area contributed by atoms with Gasteiger partial charge in [0.2, 0.25) is 0 Å². The van der Waals surface area contributed by atoms with Crippen LogP contribution >= 0.6 is 0 Å². The topological polar surface area (TPSA) is 47.2 Å². The van der Waals surface area contributed by atoms with Crippen molar-refractivity contribution >= 4 is 65.0 Å². The lowest BCUT2D eigenvalue weighted by Crippen LogP contribution is -2.30. The Balaban J connectivity index is 1.43. The van der Waals surface area contributed by atoms with E-state index in [9.17, 15) is 0 Å². The van der Waals surface area contributed by atoms with Gasteiger partial charge in [-0.25, -0.2) is 12.7 Å². The van der Waals surface area contributed by atoms with Gasteiger partial charge in [-0.3, -0.25) is 0 Å². The van der Waals surface area contributed by atoms with Crippen LogP contribution in [0.1, 0.15) is 0 Å². The number of hydrogen-bond donors (Lipinski definition) is 0. The maximum Gasteiger partial charge on any atom is 0.270 e. The van der Waals surface area contributed by atoms with Gasteiger partial charge >= 0.3 is 0 Å². The van der Waals surface area contributed by atoms with Gasteiger partial charge in [-0.05, 0) is 66.7 Å². The average Bonchev–Trinajstić information content (AvgIpc) is 3.65. The number of fused-ring (bicyclic) bond motifs is 11. The van der Waals surface area contributed by atoms with Crippen molar-refractivity contribution in [3.8, 4) is 22.5 Å². The van der Waals surface area contributed by atoms with Crippen molar-refractivity contribution in [1.82, 2.24) is 9.13 Å². The molecule has 0 spiro atoms. The molecule has 0 fully saturated rings. The molecule has 7 aromatic carbocycles. The molecular formula is C42H27N3O2S. The Hall–Kier alpha value is -6.11. The molecule has 0 radical (unpaired) electrons. The largest absolute Gasteiger partial charge is 0.309 e. The summed E-state index contributed by atoms with van der Waals surface area (Å²) in [5.74, 6) is 0. The van der Waals surface area contributed by atoms with Crippen molar-refractivity contribution in [2.45, 2.75) is 4.90 Å². The van der Waals surface area contributed by atoms with Gasteiger partial charge in [0.1, 0.15) is 4.90 Å². The van der Waals surface area contributed by atoms with E-state index in [0.29, 0.717) is 21.8 Å². The summed E-state index contributed by atoms with van der Waals surface area (Å²) in [5, 5.41) is 3.71. The van der Waals surface area contributed by atoms with Crippen molar-refractivity contribution in [2.24, 2.45) is 0 Å². The van der Waals surface area contributed by atoms with E-state index in [1.165, 1.54) is 0 Å². The SMILES string of the molecule is O=S1(=O)c2c(ccc3c2c2ccccc2n3-c2ccccc2)-c2c(ccc3c2c2ccccc2n3-c2ccccc2)N1c1ccccc1. The first-order valence-electron chi connectivity index (χ1n) is 16.0. The fourth-order valence-electron chi connectivity index (χ4n) is 7.76. The fourth-order valence-corrected chi connectivity index (χ4v) is 9.67. The van der Waals surface area contributed by atoms with Crippen LogP contribution in [-0.2, 0) is 10.0 Å². The van der Waals surface area contributed by atoms with Gasteiger partial charge in [-0.1, -0.05) is 97.1 Å². The smallest absolute Gasteiger partial charge is 0.270 e. The van der Waals surface area contributed by atoms with Gasteiger partial charge < -0.3 is 9.13 Å². The second kappa shape index (κ2) is 9.94. The number of para-hydroxylation sites is 5. The van der Waals surface area contributed by atoms with Gasteiger partial charge in [0.05, 0.1) is 33.4 Å². The van der Waals surface area contributed by atoms with E-state index in [0.717, 1.165) is 60.5 Å². The van der Waals surface area contributed by atoms with Crippen molar-refractivity contribution in [1.29, 1.82) is 0 Å². The number of nitrogens with zero attached hydrogens (tertiary/aromatic N) is 3. The Kier molecular flexibility index (Phi) is 5.60. The molecule has 0 amide bonds. The van der Waals surface area contributed by atoms with E-state index in [1.807, 2.05) is 97.1 Å². The van der Waals surface area contributed by atoms with Crippen molar-refractivity contribution in [3.63, 3.8) is 0 Å². The Morgan fingerprint density at radius 3 is 1.44 bits per heavy atom. The van der Waals surface area contributed by atoms with Crippen LogP contribution in [0.2, 0.25) is 0 Å². The minimum absolute atomic E-state index is 0.325. The zero-order valence-corrected chi connectivity index (χ0v) is 26.5. The molecule has 10 rings (SSSR count). The molecule has 1 aliphatic heterocycles. The highest BCUT2D eigenvalue weighted by molar-refractivity contribution is 7.93. The number of aromatic nitrogens is 2. The standard InChI is InChI=1S/C42H27N3O2S/c46-48(47)42-33(24-25-37-41(42)32-21-11-13-23-35(32)44(37)29-16-6-2-7-17-29)40-38(45(48)30-18-8-3-9-19-30)27-26-36-39(40)31-20-10-12-22-34(31)43(36)28-14-4-1-5-15-28/h1-27H. The highest BCUT2D eigenvalue weighted by atomic mass is 32.2. The second-order valence-corrected chi connectivity index (χ2v) is 13.9. The van der Waals surface area contributed by atoms with E-state index in [-0.39, 0.29) is 0 Å². The maximum absolute atomic E-state index is 15.3. The summed E-state index contributed by atoms with van der Waals surface area (Å²) < 4.78 is 36.6. The molecule has 0 aliphatic carbocycles. The lowest BCUT2D eigenvalue weighted by Gasteiger charge is -2.33. The average molecular weight is 638 g/mol. The predicted octanol–water partition coefficient (Wildman–Crippen LogP) is 10.4. The molecule has 0 atom stereocenters. The molecule has 0 saturated heterocycles. The third kappa shape index (κ3) is 3.58.